The minimum Gasteiger partial charge on any atom is -0.494 e. The van der Waals surface area contributed by atoms with Gasteiger partial charge >= 0.3 is 0 Å². The Labute approximate surface area is 164 Å². The predicted molar refractivity (Wildman–Crippen MR) is 104 cm³/mol. The Morgan fingerprint density at radius 1 is 1.07 bits per heavy atom. The van der Waals surface area contributed by atoms with Crippen molar-refractivity contribution in [1.82, 2.24) is 5.32 Å². The molecule has 2 atom stereocenters. The van der Waals surface area contributed by atoms with Crippen LogP contribution in [0.15, 0.2) is 53.4 Å². The Morgan fingerprint density at radius 2 is 1.71 bits per heavy atom. The predicted octanol–water partition coefficient (Wildman–Crippen LogP) is 1.95. The van der Waals surface area contributed by atoms with Gasteiger partial charge in [0.2, 0.25) is 0 Å². The van der Waals surface area contributed by atoms with Gasteiger partial charge in [-0.15, -0.1) is 0 Å². The molecule has 1 aliphatic rings. The zero-order chi connectivity index (χ0) is 20.4. The smallest absolute Gasteiger partial charge is 0.183 e. The normalized spacial score (nSPS) is 21.5. The molecule has 2 aromatic rings. The lowest BCUT2D eigenvalue weighted by atomic mass is 10.2. The van der Waals surface area contributed by atoms with Crippen molar-refractivity contribution in [2.75, 3.05) is 18.1 Å². The second-order valence-electron chi connectivity index (χ2n) is 6.68. The number of halogens is 1. The molecule has 0 saturated carbocycles. The van der Waals surface area contributed by atoms with Crippen molar-refractivity contribution in [3.63, 3.8) is 0 Å². The summed E-state index contributed by atoms with van der Waals surface area (Å²) in [5.74, 6) is -0.506. The topological polar surface area (TPSA) is 89.5 Å². The SMILES string of the molecule is CCOc1ccc(S(=O)(=O)[C@@H]2CS(=O)(=O)C[C@H]2NCc2ccc(F)cc2)cc1. The average Bonchev–Trinajstić information content (AvgIpc) is 2.97. The lowest BCUT2D eigenvalue weighted by molar-refractivity contribution is 0.340. The number of hydrogen-bond donors (Lipinski definition) is 1. The maximum Gasteiger partial charge on any atom is 0.183 e. The van der Waals surface area contributed by atoms with Crippen LogP contribution in [0, 0.1) is 5.82 Å². The summed E-state index contributed by atoms with van der Waals surface area (Å²) in [6.45, 7) is 2.53. The van der Waals surface area contributed by atoms with Crippen molar-refractivity contribution in [1.29, 1.82) is 0 Å². The van der Waals surface area contributed by atoms with Crippen LogP contribution in [0.25, 0.3) is 0 Å². The minimum absolute atomic E-state index is 0.0617. The zero-order valence-electron chi connectivity index (χ0n) is 15.3. The number of rotatable bonds is 7. The first-order valence-corrected chi connectivity index (χ1v) is 12.2. The third-order valence-corrected chi connectivity index (χ3v) is 8.81. The van der Waals surface area contributed by atoms with E-state index in [4.69, 9.17) is 4.74 Å². The van der Waals surface area contributed by atoms with Gasteiger partial charge in [0.05, 0.1) is 28.3 Å². The van der Waals surface area contributed by atoms with Gasteiger partial charge in [-0.3, -0.25) is 0 Å². The zero-order valence-corrected chi connectivity index (χ0v) is 17.0. The van der Waals surface area contributed by atoms with Crippen LogP contribution in [0.5, 0.6) is 5.75 Å². The number of hydrogen-bond acceptors (Lipinski definition) is 6. The summed E-state index contributed by atoms with van der Waals surface area (Å²) in [6.07, 6.45) is 0. The highest BCUT2D eigenvalue weighted by molar-refractivity contribution is 7.96. The van der Waals surface area contributed by atoms with E-state index in [0.717, 1.165) is 5.56 Å². The summed E-state index contributed by atoms with van der Waals surface area (Å²) in [5.41, 5.74) is 0.739. The van der Waals surface area contributed by atoms with Crippen LogP contribution < -0.4 is 10.1 Å². The van der Waals surface area contributed by atoms with Gasteiger partial charge in [0.25, 0.3) is 0 Å². The number of ether oxygens (including phenoxy) is 1. The highest BCUT2D eigenvalue weighted by Crippen LogP contribution is 2.27. The van der Waals surface area contributed by atoms with E-state index in [-0.39, 0.29) is 23.0 Å². The molecule has 6 nitrogen and oxygen atoms in total. The van der Waals surface area contributed by atoms with Crippen LogP contribution in [0.3, 0.4) is 0 Å². The molecule has 0 unspecified atom stereocenters. The Balaban J connectivity index is 1.81. The van der Waals surface area contributed by atoms with E-state index in [0.29, 0.717) is 12.4 Å². The van der Waals surface area contributed by atoms with Crippen LogP contribution in [0.1, 0.15) is 12.5 Å². The van der Waals surface area contributed by atoms with Gasteiger partial charge in [-0.1, -0.05) is 12.1 Å². The van der Waals surface area contributed by atoms with Crippen molar-refractivity contribution in [3.05, 3.63) is 59.9 Å². The van der Waals surface area contributed by atoms with E-state index in [2.05, 4.69) is 5.32 Å². The van der Waals surface area contributed by atoms with Crippen molar-refractivity contribution in [3.8, 4) is 5.75 Å². The average molecular weight is 428 g/mol. The third-order valence-electron chi connectivity index (χ3n) is 4.64. The van der Waals surface area contributed by atoms with Crippen LogP contribution >= 0.6 is 0 Å². The third kappa shape index (κ3) is 4.71. The maximum absolute atomic E-state index is 13.1. The number of benzene rings is 2. The van der Waals surface area contributed by atoms with Crippen molar-refractivity contribution >= 4 is 19.7 Å². The Kier molecular flexibility index (Phi) is 6.07. The summed E-state index contributed by atoms with van der Waals surface area (Å²) in [4.78, 5) is 0.0617. The Morgan fingerprint density at radius 3 is 2.32 bits per heavy atom. The highest BCUT2D eigenvalue weighted by atomic mass is 32.2. The molecule has 1 aliphatic heterocycles. The fraction of sp³-hybridized carbons (Fsp3) is 0.368. The molecule has 0 amide bonds. The summed E-state index contributed by atoms with van der Waals surface area (Å²) in [6, 6.07) is 11.0. The van der Waals surface area contributed by atoms with Crippen molar-refractivity contribution < 1.29 is 26.0 Å². The fourth-order valence-corrected chi connectivity index (χ4v) is 7.95. The molecule has 0 radical (unpaired) electrons. The van der Waals surface area contributed by atoms with Crippen LogP contribution in [-0.2, 0) is 26.2 Å². The first kappa shape index (κ1) is 20.8. The molecule has 152 valence electrons. The van der Waals surface area contributed by atoms with Gasteiger partial charge in [0, 0.05) is 12.6 Å². The molecule has 9 heteroatoms. The first-order valence-electron chi connectivity index (χ1n) is 8.86. The molecule has 28 heavy (non-hydrogen) atoms. The van der Waals surface area contributed by atoms with Gasteiger partial charge in [-0.2, -0.15) is 0 Å². The van der Waals surface area contributed by atoms with Crippen LogP contribution in [-0.4, -0.2) is 46.2 Å². The Bertz CT molecular complexity index is 1020. The van der Waals surface area contributed by atoms with Gasteiger partial charge in [-0.05, 0) is 48.9 Å². The van der Waals surface area contributed by atoms with Crippen molar-refractivity contribution in [2.24, 2.45) is 0 Å². The maximum atomic E-state index is 13.1. The quantitative estimate of drug-likeness (QED) is 0.727. The van der Waals surface area contributed by atoms with E-state index < -0.39 is 36.7 Å². The van der Waals surface area contributed by atoms with E-state index in [1.54, 1.807) is 24.3 Å². The lowest BCUT2D eigenvalue weighted by Gasteiger charge is -2.20. The van der Waals surface area contributed by atoms with Crippen LogP contribution in [0.2, 0.25) is 0 Å². The summed E-state index contributed by atoms with van der Waals surface area (Å²) < 4.78 is 68.8. The largest absolute Gasteiger partial charge is 0.494 e. The molecule has 0 spiro atoms. The highest BCUT2D eigenvalue weighted by Gasteiger charge is 2.45. The fourth-order valence-electron chi connectivity index (χ4n) is 3.23. The number of sulfone groups is 2. The first-order chi connectivity index (χ1) is 13.2. The summed E-state index contributed by atoms with van der Waals surface area (Å²) >= 11 is 0. The molecule has 1 N–H and O–H groups in total. The second kappa shape index (κ2) is 8.18. The lowest BCUT2D eigenvalue weighted by Crippen LogP contribution is -2.43. The molecule has 1 saturated heterocycles. The molecule has 1 fully saturated rings. The van der Waals surface area contributed by atoms with Crippen LogP contribution in [0.4, 0.5) is 4.39 Å². The molecule has 0 aromatic heterocycles. The monoisotopic (exact) mass is 427 g/mol. The second-order valence-corrected chi connectivity index (χ2v) is 11.0. The summed E-state index contributed by atoms with van der Waals surface area (Å²) in [7, 11) is -7.35. The molecule has 1 heterocycles. The minimum atomic E-state index is -3.86. The standard InChI is InChI=1S/C19H22FNO5S2/c1-2-26-16-7-9-17(10-8-16)28(24,25)19-13-27(22,23)12-18(19)21-11-14-3-5-15(20)6-4-14/h3-10,18-19,21H,2,11-13H2,1H3/t18-,19-/m1/s1. The van der Waals surface area contributed by atoms with Gasteiger partial charge in [-0.25, -0.2) is 21.2 Å². The number of nitrogens with one attached hydrogen (secondary N) is 1. The molecule has 2 aromatic carbocycles. The molecule has 0 aliphatic carbocycles. The van der Waals surface area contributed by atoms with Gasteiger partial charge in [0.15, 0.2) is 19.7 Å². The van der Waals surface area contributed by atoms with Crippen molar-refractivity contribution in [2.45, 2.75) is 29.7 Å². The van der Waals surface area contributed by atoms with E-state index in [1.807, 2.05) is 6.92 Å². The van der Waals surface area contributed by atoms with Gasteiger partial charge in [0.1, 0.15) is 11.6 Å². The van der Waals surface area contributed by atoms with Gasteiger partial charge < -0.3 is 10.1 Å². The molecule has 0 bridgehead atoms. The van der Waals surface area contributed by atoms with E-state index >= 15 is 0 Å². The molecular formula is C19H22FNO5S2. The summed E-state index contributed by atoms with van der Waals surface area (Å²) in [5, 5.41) is 1.94. The van der Waals surface area contributed by atoms with E-state index in [1.165, 1.54) is 24.3 Å². The molecular weight excluding hydrogens is 405 g/mol. The Hall–Kier alpha value is -1.97. The molecule has 3 rings (SSSR count). The van der Waals surface area contributed by atoms with E-state index in [9.17, 15) is 21.2 Å².